The standard InChI is InChI=1S/C21H19N7O/c1-12(27-28-21(22)23)13-3-5-18-16(8-13)10-19(26-18)20(29)25-17-4-2-15-11-24-7-6-14(15)9-17/h2-11,26H,1H3,(H,25,29)(H4,22,23,28). The number of carbonyl (C=O) groups is 1. The van der Waals surface area contributed by atoms with Crippen LogP contribution in [0.5, 0.6) is 0 Å². The summed E-state index contributed by atoms with van der Waals surface area (Å²) in [5.41, 5.74) is 14.2. The molecule has 4 rings (SSSR count). The van der Waals surface area contributed by atoms with Gasteiger partial charge in [0, 0.05) is 34.4 Å². The Hall–Kier alpha value is -4.20. The molecule has 0 bridgehead atoms. The molecule has 2 aromatic heterocycles. The average molecular weight is 385 g/mol. The molecule has 0 aliphatic rings. The van der Waals surface area contributed by atoms with Crippen LogP contribution in [0.2, 0.25) is 0 Å². The van der Waals surface area contributed by atoms with E-state index >= 15 is 0 Å². The Morgan fingerprint density at radius 1 is 1.00 bits per heavy atom. The van der Waals surface area contributed by atoms with Crippen LogP contribution in [-0.4, -0.2) is 27.5 Å². The number of amides is 1. The lowest BCUT2D eigenvalue weighted by Gasteiger charge is -2.05. The van der Waals surface area contributed by atoms with Gasteiger partial charge in [-0.2, -0.15) is 5.10 Å². The van der Waals surface area contributed by atoms with Crippen LogP contribution in [-0.2, 0) is 0 Å². The first-order valence-electron chi connectivity index (χ1n) is 8.91. The maximum atomic E-state index is 12.7. The lowest BCUT2D eigenvalue weighted by Crippen LogP contribution is -2.22. The summed E-state index contributed by atoms with van der Waals surface area (Å²) in [5.74, 6) is -0.321. The normalized spacial score (nSPS) is 11.6. The van der Waals surface area contributed by atoms with Gasteiger partial charge >= 0.3 is 0 Å². The van der Waals surface area contributed by atoms with E-state index in [0.29, 0.717) is 17.1 Å². The third kappa shape index (κ3) is 3.91. The molecule has 0 unspecified atom stereocenters. The van der Waals surface area contributed by atoms with Crippen molar-refractivity contribution < 1.29 is 4.79 Å². The quantitative estimate of drug-likeness (QED) is 0.244. The summed E-state index contributed by atoms with van der Waals surface area (Å²) in [6.07, 6.45) is 3.51. The second kappa shape index (κ2) is 7.43. The van der Waals surface area contributed by atoms with Crippen molar-refractivity contribution >= 4 is 44.9 Å². The van der Waals surface area contributed by atoms with Crippen LogP contribution in [0.3, 0.4) is 0 Å². The molecule has 0 saturated carbocycles. The van der Waals surface area contributed by atoms with Crippen molar-refractivity contribution in [3.63, 3.8) is 0 Å². The number of nitrogens with one attached hydrogen (secondary N) is 2. The molecule has 0 spiro atoms. The molecule has 29 heavy (non-hydrogen) atoms. The predicted octanol–water partition coefficient (Wildman–Crippen LogP) is 2.97. The number of anilines is 1. The van der Waals surface area contributed by atoms with Gasteiger partial charge < -0.3 is 21.8 Å². The number of H-pyrrole nitrogens is 1. The second-order valence-electron chi connectivity index (χ2n) is 6.59. The van der Waals surface area contributed by atoms with Crippen LogP contribution >= 0.6 is 0 Å². The highest BCUT2D eigenvalue weighted by Crippen LogP contribution is 2.21. The fourth-order valence-electron chi connectivity index (χ4n) is 3.03. The van der Waals surface area contributed by atoms with E-state index in [4.69, 9.17) is 11.5 Å². The lowest BCUT2D eigenvalue weighted by atomic mass is 10.1. The third-order valence-electron chi connectivity index (χ3n) is 4.50. The molecule has 0 atom stereocenters. The molecule has 0 aliphatic heterocycles. The maximum absolute atomic E-state index is 12.7. The summed E-state index contributed by atoms with van der Waals surface area (Å²) in [5, 5.41) is 13.5. The number of guanidine groups is 1. The summed E-state index contributed by atoms with van der Waals surface area (Å²) >= 11 is 0. The number of aromatic nitrogens is 2. The van der Waals surface area contributed by atoms with E-state index in [1.165, 1.54) is 0 Å². The Morgan fingerprint density at radius 3 is 2.69 bits per heavy atom. The van der Waals surface area contributed by atoms with Crippen LogP contribution in [0.1, 0.15) is 23.0 Å². The number of rotatable bonds is 4. The molecule has 8 heteroatoms. The Bertz CT molecular complexity index is 1280. The summed E-state index contributed by atoms with van der Waals surface area (Å²) in [7, 11) is 0. The highest BCUT2D eigenvalue weighted by atomic mass is 16.1. The smallest absolute Gasteiger partial charge is 0.272 e. The number of pyridine rings is 1. The minimum absolute atomic E-state index is 0.101. The summed E-state index contributed by atoms with van der Waals surface area (Å²) in [6.45, 7) is 1.81. The number of hydrogen-bond acceptors (Lipinski definition) is 4. The number of fused-ring (bicyclic) bond motifs is 2. The van der Waals surface area contributed by atoms with Crippen LogP contribution in [0.25, 0.3) is 21.7 Å². The number of nitrogens with two attached hydrogens (primary N) is 2. The van der Waals surface area contributed by atoms with Crippen molar-refractivity contribution in [3.05, 3.63) is 72.2 Å². The minimum Gasteiger partial charge on any atom is -0.369 e. The van der Waals surface area contributed by atoms with Gasteiger partial charge in [0.1, 0.15) is 5.69 Å². The van der Waals surface area contributed by atoms with Gasteiger partial charge in [0.25, 0.3) is 5.91 Å². The molecule has 0 aliphatic carbocycles. The van der Waals surface area contributed by atoms with E-state index in [0.717, 1.165) is 27.2 Å². The van der Waals surface area contributed by atoms with Crippen molar-refractivity contribution in [1.82, 2.24) is 9.97 Å². The fourth-order valence-corrected chi connectivity index (χ4v) is 3.03. The van der Waals surface area contributed by atoms with Gasteiger partial charge in [0.2, 0.25) is 5.96 Å². The molecule has 0 fully saturated rings. The van der Waals surface area contributed by atoms with Crippen molar-refractivity contribution in [2.75, 3.05) is 5.32 Å². The first kappa shape index (κ1) is 18.2. The number of benzene rings is 2. The molecule has 8 nitrogen and oxygen atoms in total. The third-order valence-corrected chi connectivity index (χ3v) is 4.50. The zero-order valence-corrected chi connectivity index (χ0v) is 15.7. The molecule has 6 N–H and O–H groups in total. The molecule has 1 amide bonds. The van der Waals surface area contributed by atoms with Gasteiger partial charge in [-0.05, 0) is 54.3 Å². The molecule has 2 heterocycles. The van der Waals surface area contributed by atoms with Gasteiger partial charge in [-0.25, -0.2) is 0 Å². The summed E-state index contributed by atoms with van der Waals surface area (Å²) in [6, 6.07) is 15.1. The van der Waals surface area contributed by atoms with Gasteiger partial charge in [0.15, 0.2) is 0 Å². The Morgan fingerprint density at radius 2 is 1.86 bits per heavy atom. The van der Waals surface area contributed by atoms with E-state index in [1.54, 1.807) is 18.5 Å². The Labute approximate surface area is 166 Å². The SMILES string of the molecule is CC(=NN=C(N)N)c1ccc2[nH]c(C(=O)Nc3ccc4cnccc4c3)cc2c1. The topological polar surface area (TPSA) is 135 Å². The minimum atomic E-state index is -0.220. The highest BCUT2D eigenvalue weighted by molar-refractivity contribution is 6.08. The van der Waals surface area contributed by atoms with Gasteiger partial charge in [-0.1, -0.05) is 12.1 Å². The summed E-state index contributed by atoms with van der Waals surface area (Å²) < 4.78 is 0. The predicted molar refractivity (Wildman–Crippen MR) is 116 cm³/mol. The van der Waals surface area contributed by atoms with Crippen LogP contribution in [0.15, 0.2) is 71.1 Å². The van der Waals surface area contributed by atoms with E-state index < -0.39 is 0 Å². The van der Waals surface area contributed by atoms with Crippen LogP contribution in [0.4, 0.5) is 5.69 Å². The summed E-state index contributed by atoms with van der Waals surface area (Å²) in [4.78, 5) is 19.9. The van der Waals surface area contributed by atoms with Crippen molar-refractivity contribution in [1.29, 1.82) is 0 Å². The molecule has 144 valence electrons. The van der Waals surface area contributed by atoms with Crippen molar-refractivity contribution in [3.8, 4) is 0 Å². The lowest BCUT2D eigenvalue weighted by molar-refractivity contribution is 0.102. The second-order valence-corrected chi connectivity index (χ2v) is 6.59. The van der Waals surface area contributed by atoms with Gasteiger partial charge in [-0.15, -0.1) is 5.10 Å². The molecule has 0 radical (unpaired) electrons. The number of carbonyl (C=O) groups excluding carboxylic acids is 1. The molecule has 0 saturated heterocycles. The van der Waals surface area contributed by atoms with Crippen LogP contribution < -0.4 is 16.8 Å². The zero-order chi connectivity index (χ0) is 20.4. The highest BCUT2D eigenvalue weighted by Gasteiger charge is 2.11. The van der Waals surface area contributed by atoms with Crippen molar-refractivity contribution in [2.45, 2.75) is 6.92 Å². The Kier molecular flexibility index (Phi) is 4.66. The zero-order valence-electron chi connectivity index (χ0n) is 15.7. The van der Waals surface area contributed by atoms with Crippen molar-refractivity contribution in [2.24, 2.45) is 21.7 Å². The number of aromatic amines is 1. The molecular weight excluding hydrogens is 366 g/mol. The first-order chi connectivity index (χ1) is 14.0. The molecular formula is C21H19N7O. The van der Waals surface area contributed by atoms with E-state index in [2.05, 4.69) is 25.5 Å². The van der Waals surface area contributed by atoms with E-state index in [-0.39, 0.29) is 11.9 Å². The number of hydrogen-bond donors (Lipinski definition) is 4. The molecule has 4 aromatic rings. The van der Waals surface area contributed by atoms with Gasteiger partial charge in [0.05, 0.1) is 5.71 Å². The number of nitrogens with zero attached hydrogens (tertiary/aromatic N) is 3. The van der Waals surface area contributed by atoms with E-state index in [9.17, 15) is 4.79 Å². The average Bonchev–Trinajstić information content (AvgIpc) is 3.15. The van der Waals surface area contributed by atoms with E-state index in [1.807, 2.05) is 49.4 Å². The fraction of sp³-hybridized carbons (Fsp3) is 0.0476. The first-order valence-corrected chi connectivity index (χ1v) is 8.91. The Balaban J connectivity index is 1.59. The largest absolute Gasteiger partial charge is 0.369 e. The monoisotopic (exact) mass is 385 g/mol. The molecule has 2 aromatic carbocycles. The maximum Gasteiger partial charge on any atom is 0.272 e. The van der Waals surface area contributed by atoms with Gasteiger partial charge in [-0.3, -0.25) is 9.78 Å². The van der Waals surface area contributed by atoms with Crippen LogP contribution in [0, 0.1) is 0 Å².